The van der Waals surface area contributed by atoms with Crippen LogP contribution in [0.3, 0.4) is 0 Å². The Balaban J connectivity index is 1.54. The minimum Gasteiger partial charge on any atom is -0.340 e. The zero-order valence-corrected chi connectivity index (χ0v) is 18.2. The number of rotatable bonds is 5. The van der Waals surface area contributed by atoms with Crippen LogP contribution in [-0.4, -0.2) is 28.9 Å². The number of hydrogen-bond donors (Lipinski definition) is 2. The zero-order chi connectivity index (χ0) is 22.2. The van der Waals surface area contributed by atoms with E-state index in [0.29, 0.717) is 16.4 Å². The lowest BCUT2D eigenvalue weighted by Gasteiger charge is -2.09. The highest BCUT2D eigenvalue weighted by atomic mass is 35.5. The van der Waals surface area contributed by atoms with Crippen LogP contribution in [-0.2, 0) is 17.1 Å². The van der Waals surface area contributed by atoms with Crippen molar-refractivity contribution < 1.29 is 13.2 Å². The maximum atomic E-state index is 12.8. The number of amides is 1. The molecule has 4 rings (SSSR count). The Bertz CT molecular complexity index is 1380. The molecule has 0 saturated heterocycles. The van der Waals surface area contributed by atoms with E-state index in [4.69, 9.17) is 11.6 Å². The largest absolute Gasteiger partial charge is 0.340 e. The van der Waals surface area contributed by atoms with Crippen molar-refractivity contribution in [2.45, 2.75) is 11.8 Å². The van der Waals surface area contributed by atoms with Gasteiger partial charge >= 0.3 is 0 Å². The van der Waals surface area contributed by atoms with E-state index in [2.05, 4.69) is 20.0 Å². The van der Waals surface area contributed by atoms with Crippen molar-refractivity contribution in [1.82, 2.24) is 14.5 Å². The Kier molecular flexibility index (Phi) is 5.38. The minimum atomic E-state index is -3.85. The van der Waals surface area contributed by atoms with E-state index in [-0.39, 0.29) is 16.8 Å². The lowest BCUT2D eigenvalue weighted by atomic mass is 10.1. The van der Waals surface area contributed by atoms with Gasteiger partial charge in [0.1, 0.15) is 5.69 Å². The Morgan fingerprint density at radius 2 is 1.74 bits per heavy atom. The summed E-state index contributed by atoms with van der Waals surface area (Å²) in [5.41, 5.74) is 2.74. The molecule has 8 nitrogen and oxygen atoms in total. The molecule has 31 heavy (non-hydrogen) atoms. The SMILES string of the molecule is Cc1cc(Cl)cc2c1cc(C(=O)Nc1ccc(S(=O)(=O)Nc3ncccn3)cc1)n2C. The highest BCUT2D eigenvalue weighted by Crippen LogP contribution is 2.27. The smallest absolute Gasteiger partial charge is 0.272 e. The van der Waals surface area contributed by atoms with E-state index in [0.717, 1.165) is 16.5 Å². The van der Waals surface area contributed by atoms with E-state index in [1.807, 2.05) is 19.1 Å². The first-order chi connectivity index (χ1) is 14.7. The molecule has 2 aromatic carbocycles. The normalized spacial score (nSPS) is 11.5. The highest BCUT2D eigenvalue weighted by molar-refractivity contribution is 7.92. The molecule has 0 unspecified atom stereocenters. The maximum absolute atomic E-state index is 12.8. The third kappa shape index (κ3) is 4.23. The number of anilines is 2. The van der Waals surface area contributed by atoms with Crippen molar-refractivity contribution in [1.29, 1.82) is 0 Å². The average molecular weight is 456 g/mol. The molecular weight excluding hydrogens is 438 g/mol. The number of fused-ring (bicyclic) bond motifs is 1. The molecule has 2 N–H and O–H groups in total. The average Bonchev–Trinajstić information content (AvgIpc) is 3.06. The zero-order valence-electron chi connectivity index (χ0n) is 16.6. The van der Waals surface area contributed by atoms with E-state index < -0.39 is 10.0 Å². The molecular formula is C21H18ClN5O3S. The Hall–Kier alpha value is -3.43. The van der Waals surface area contributed by atoms with Gasteiger partial charge in [0.25, 0.3) is 15.9 Å². The van der Waals surface area contributed by atoms with Gasteiger partial charge in [-0.05, 0) is 61.0 Å². The molecule has 0 aliphatic heterocycles. The lowest BCUT2D eigenvalue weighted by Crippen LogP contribution is -2.16. The molecule has 1 amide bonds. The molecule has 2 aromatic heterocycles. The maximum Gasteiger partial charge on any atom is 0.272 e. The molecule has 0 fully saturated rings. The van der Waals surface area contributed by atoms with Crippen molar-refractivity contribution in [3.8, 4) is 0 Å². The molecule has 0 bridgehead atoms. The summed E-state index contributed by atoms with van der Waals surface area (Å²) in [5.74, 6) is -0.341. The second kappa shape index (κ2) is 8.01. The number of benzene rings is 2. The fourth-order valence-corrected chi connectivity index (χ4v) is 4.45. The van der Waals surface area contributed by atoms with Gasteiger partial charge in [-0.3, -0.25) is 4.79 Å². The van der Waals surface area contributed by atoms with Crippen LogP contribution in [0, 0.1) is 6.92 Å². The number of hydrogen-bond acceptors (Lipinski definition) is 5. The van der Waals surface area contributed by atoms with Crippen molar-refractivity contribution in [2.75, 3.05) is 10.0 Å². The Labute approximate surface area is 184 Å². The standard InChI is InChI=1S/C21H18ClN5O3S/c1-13-10-14(22)11-18-17(13)12-19(27(18)2)20(28)25-15-4-6-16(7-5-15)31(29,30)26-21-23-8-3-9-24-21/h3-12H,1-2H3,(H,25,28)(H,23,24,26). The van der Waals surface area contributed by atoms with Crippen LogP contribution in [0.1, 0.15) is 16.1 Å². The van der Waals surface area contributed by atoms with Gasteiger partial charge in [-0.15, -0.1) is 0 Å². The van der Waals surface area contributed by atoms with Gasteiger partial charge in [0, 0.05) is 35.5 Å². The third-order valence-electron chi connectivity index (χ3n) is 4.78. The first-order valence-electron chi connectivity index (χ1n) is 9.21. The van der Waals surface area contributed by atoms with E-state index in [9.17, 15) is 13.2 Å². The number of nitrogens with zero attached hydrogens (tertiary/aromatic N) is 3. The summed E-state index contributed by atoms with van der Waals surface area (Å²) in [6.07, 6.45) is 2.87. The van der Waals surface area contributed by atoms with Gasteiger partial charge < -0.3 is 9.88 Å². The van der Waals surface area contributed by atoms with Crippen molar-refractivity contribution in [3.63, 3.8) is 0 Å². The number of nitrogens with one attached hydrogen (secondary N) is 2. The van der Waals surface area contributed by atoms with Gasteiger partial charge in [0.05, 0.1) is 10.4 Å². The molecule has 0 atom stereocenters. The molecule has 4 aromatic rings. The Morgan fingerprint density at radius 3 is 2.42 bits per heavy atom. The van der Waals surface area contributed by atoms with Crippen LogP contribution >= 0.6 is 11.6 Å². The van der Waals surface area contributed by atoms with Crippen LogP contribution in [0.25, 0.3) is 10.9 Å². The van der Waals surface area contributed by atoms with Crippen LogP contribution in [0.5, 0.6) is 0 Å². The number of carbonyl (C=O) groups is 1. The van der Waals surface area contributed by atoms with Crippen LogP contribution in [0.2, 0.25) is 5.02 Å². The van der Waals surface area contributed by atoms with Gasteiger partial charge in [-0.25, -0.2) is 23.1 Å². The summed E-state index contributed by atoms with van der Waals surface area (Å²) in [6, 6.07) is 12.9. The fourth-order valence-electron chi connectivity index (χ4n) is 3.23. The molecule has 0 spiro atoms. The van der Waals surface area contributed by atoms with Gasteiger partial charge in [0.15, 0.2) is 0 Å². The first-order valence-corrected chi connectivity index (χ1v) is 11.1. The third-order valence-corrected chi connectivity index (χ3v) is 6.34. The molecule has 0 aliphatic rings. The number of aryl methyl sites for hydroxylation is 2. The second-order valence-corrected chi connectivity index (χ2v) is 9.02. The summed E-state index contributed by atoms with van der Waals surface area (Å²) in [6.45, 7) is 1.93. The van der Waals surface area contributed by atoms with Gasteiger partial charge in [-0.2, -0.15) is 0 Å². The highest BCUT2D eigenvalue weighted by Gasteiger charge is 2.18. The van der Waals surface area contributed by atoms with Crippen molar-refractivity contribution in [2.24, 2.45) is 7.05 Å². The van der Waals surface area contributed by atoms with Crippen molar-refractivity contribution >= 4 is 50.1 Å². The van der Waals surface area contributed by atoms with Crippen molar-refractivity contribution in [3.05, 3.63) is 77.2 Å². The monoisotopic (exact) mass is 455 g/mol. The minimum absolute atomic E-state index is 0.0211. The fraction of sp³-hybridized carbons (Fsp3) is 0.0952. The quantitative estimate of drug-likeness (QED) is 0.473. The molecule has 10 heteroatoms. The number of carbonyl (C=O) groups excluding carboxylic acids is 1. The molecule has 0 saturated carbocycles. The molecule has 158 valence electrons. The van der Waals surface area contributed by atoms with Crippen LogP contribution in [0.15, 0.2) is 65.8 Å². The summed E-state index contributed by atoms with van der Waals surface area (Å²) in [5, 5.41) is 4.33. The summed E-state index contributed by atoms with van der Waals surface area (Å²) in [4.78, 5) is 20.5. The second-order valence-electron chi connectivity index (χ2n) is 6.90. The molecule has 2 heterocycles. The predicted octanol–water partition coefficient (Wildman–Crippen LogP) is 3.98. The summed E-state index contributed by atoms with van der Waals surface area (Å²) >= 11 is 6.14. The number of halogens is 1. The first kappa shape index (κ1) is 20.8. The number of aromatic nitrogens is 3. The molecule has 0 aliphatic carbocycles. The summed E-state index contributed by atoms with van der Waals surface area (Å²) < 4.78 is 29.0. The van der Waals surface area contributed by atoms with Crippen LogP contribution in [0.4, 0.5) is 11.6 Å². The van der Waals surface area contributed by atoms with E-state index in [1.165, 1.54) is 36.7 Å². The molecule has 0 radical (unpaired) electrons. The summed E-state index contributed by atoms with van der Waals surface area (Å²) in [7, 11) is -2.06. The van der Waals surface area contributed by atoms with E-state index in [1.54, 1.807) is 23.7 Å². The number of sulfonamides is 1. The van der Waals surface area contributed by atoms with E-state index >= 15 is 0 Å². The van der Waals surface area contributed by atoms with Gasteiger partial charge in [0.2, 0.25) is 5.95 Å². The lowest BCUT2D eigenvalue weighted by molar-refractivity contribution is 0.101. The van der Waals surface area contributed by atoms with Gasteiger partial charge in [-0.1, -0.05) is 11.6 Å². The van der Waals surface area contributed by atoms with Crippen LogP contribution < -0.4 is 10.0 Å². The predicted molar refractivity (Wildman–Crippen MR) is 120 cm³/mol. The topological polar surface area (TPSA) is 106 Å². The Morgan fingerprint density at radius 1 is 1.06 bits per heavy atom.